The minimum Gasteiger partial charge on any atom is -0.508 e. The first-order chi connectivity index (χ1) is 5.33. The first kappa shape index (κ1) is 7.66. The van der Waals surface area contributed by atoms with Gasteiger partial charge in [0.1, 0.15) is 5.75 Å². The van der Waals surface area contributed by atoms with E-state index >= 15 is 0 Å². The SMILES string of the molecule is CO/C=C\c1cccc(O)c1. The Morgan fingerprint density at radius 2 is 2.27 bits per heavy atom. The van der Waals surface area contributed by atoms with Crippen molar-refractivity contribution in [3.05, 3.63) is 36.1 Å². The third-order valence-corrected chi connectivity index (χ3v) is 1.27. The van der Waals surface area contributed by atoms with Crippen LogP contribution in [0.2, 0.25) is 0 Å². The van der Waals surface area contributed by atoms with Gasteiger partial charge in [-0.25, -0.2) is 0 Å². The van der Waals surface area contributed by atoms with Crippen LogP contribution >= 0.6 is 0 Å². The molecule has 0 aliphatic rings. The van der Waals surface area contributed by atoms with Gasteiger partial charge in [-0.1, -0.05) is 12.1 Å². The molecule has 1 N–H and O–H groups in total. The fourth-order valence-electron chi connectivity index (χ4n) is 0.775. The third kappa shape index (κ3) is 2.34. The summed E-state index contributed by atoms with van der Waals surface area (Å²) in [6.07, 6.45) is 3.34. The summed E-state index contributed by atoms with van der Waals surface area (Å²) >= 11 is 0. The Morgan fingerprint density at radius 1 is 1.45 bits per heavy atom. The molecule has 11 heavy (non-hydrogen) atoms. The Labute approximate surface area is 65.7 Å². The summed E-state index contributed by atoms with van der Waals surface area (Å²) < 4.78 is 4.72. The second-order valence-electron chi connectivity index (χ2n) is 2.13. The molecule has 0 saturated heterocycles. The van der Waals surface area contributed by atoms with E-state index in [4.69, 9.17) is 9.84 Å². The van der Waals surface area contributed by atoms with Crippen LogP contribution in [0.3, 0.4) is 0 Å². The molecule has 0 aliphatic carbocycles. The zero-order valence-electron chi connectivity index (χ0n) is 6.32. The molecule has 0 heterocycles. The van der Waals surface area contributed by atoms with E-state index < -0.39 is 0 Å². The van der Waals surface area contributed by atoms with Gasteiger partial charge in [-0.2, -0.15) is 0 Å². The van der Waals surface area contributed by atoms with Crippen LogP contribution < -0.4 is 0 Å². The van der Waals surface area contributed by atoms with Gasteiger partial charge in [-0.15, -0.1) is 0 Å². The van der Waals surface area contributed by atoms with E-state index in [1.807, 2.05) is 6.07 Å². The quantitative estimate of drug-likeness (QED) is 0.653. The van der Waals surface area contributed by atoms with E-state index in [1.54, 1.807) is 37.6 Å². The summed E-state index contributed by atoms with van der Waals surface area (Å²) in [6.45, 7) is 0. The molecule has 58 valence electrons. The van der Waals surface area contributed by atoms with Crippen LogP contribution in [0, 0.1) is 0 Å². The summed E-state index contributed by atoms with van der Waals surface area (Å²) in [4.78, 5) is 0. The third-order valence-electron chi connectivity index (χ3n) is 1.27. The number of benzene rings is 1. The number of aromatic hydroxyl groups is 1. The molecule has 0 aliphatic heterocycles. The molecule has 1 rings (SSSR count). The van der Waals surface area contributed by atoms with Crippen molar-refractivity contribution in [1.82, 2.24) is 0 Å². The van der Waals surface area contributed by atoms with Gasteiger partial charge >= 0.3 is 0 Å². The van der Waals surface area contributed by atoms with Crippen molar-refractivity contribution >= 4 is 6.08 Å². The molecule has 0 fully saturated rings. The monoisotopic (exact) mass is 150 g/mol. The van der Waals surface area contributed by atoms with E-state index in [-0.39, 0.29) is 5.75 Å². The van der Waals surface area contributed by atoms with Crippen molar-refractivity contribution < 1.29 is 9.84 Å². The molecule has 2 heteroatoms. The van der Waals surface area contributed by atoms with Gasteiger partial charge in [0, 0.05) is 0 Å². The molecule has 0 spiro atoms. The lowest BCUT2D eigenvalue weighted by Gasteiger charge is -1.93. The number of hydrogen-bond donors (Lipinski definition) is 1. The van der Waals surface area contributed by atoms with E-state index in [9.17, 15) is 0 Å². The summed E-state index contributed by atoms with van der Waals surface area (Å²) in [5.41, 5.74) is 0.923. The number of rotatable bonds is 2. The molecular weight excluding hydrogens is 140 g/mol. The van der Waals surface area contributed by atoms with E-state index in [0.29, 0.717) is 0 Å². The summed E-state index contributed by atoms with van der Waals surface area (Å²) in [7, 11) is 1.58. The van der Waals surface area contributed by atoms with Crippen LogP contribution in [0.1, 0.15) is 5.56 Å². The molecule has 0 bridgehead atoms. The normalized spacial score (nSPS) is 10.3. The van der Waals surface area contributed by atoms with Crippen LogP contribution in [0.25, 0.3) is 6.08 Å². The van der Waals surface area contributed by atoms with Gasteiger partial charge in [0.05, 0.1) is 13.4 Å². The van der Waals surface area contributed by atoms with Crippen LogP contribution in [0.15, 0.2) is 30.5 Å². The molecule has 0 atom stereocenters. The zero-order chi connectivity index (χ0) is 8.10. The number of phenolic OH excluding ortho intramolecular Hbond substituents is 1. The highest BCUT2D eigenvalue weighted by Crippen LogP contribution is 2.11. The molecular formula is C9H10O2. The van der Waals surface area contributed by atoms with E-state index in [2.05, 4.69) is 0 Å². The maximum absolute atomic E-state index is 9.04. The molecule has 0 aromatic heterocycles. The van der Waals surface area contributed by atoms with Crippen molar-refractivity contribution in [2.75, 3.05) is 7.11 Å². The molecule has 0 radical (unpaired) electrons. The van der Waals surface area contributed by atoms with Crippen LogP contribution in [-0.4, -0.2) is 12.2 Å². The summed E-state index contributed by atoms with van der Waals surface area (Å²) in [6, 6.07) is 6.96. The van der Waals surface area contributed by atoms with Crippen LogP contribution in [0.4, 0.5) is 0 Å². The summed E-state index contributed by atoms with van der Waals surface area (Å²) in [5.74, 6) is 0.267. The van der Waals surface area contributed by atoms with Crippen LogP contribution in [0.5, 0.6) is 5.75 Å². The predicted molar refractivity (Wildman–Crippen MR) is 44.1 cm³/mol. The Morgan fingerprint density at radius 3 is 2.91 bits per heavy atom. The highest BCUT2D eigenvalue weighted by atomic mass is 16.5. The standard InChI is InChI=1S/C9H10O2/c1-11-6-5-8-3-2-4-9(10)7-8/h2-7,10H,1H3/b6-5-. The second kappa shape index (κ2) is 3.66. The lowest BCUT2D eigenvalue weighted by Crippen LogP contribution is -1.71. The highest BCUT2D eigenvalue weighted by molar-refractivity contribution is 5.50. The topological polar surface area (TPSA) is 29.5 Å². The van der Waals surface area contributed by atoms with Crippen molar-refractivity contribution in [3.63, 3.8) is 0 Å². The first-order valence-corrected chi connectivity index (χ1v) is 3.31. The maximum Gasteiger partial charge on any atom is 0.116 e. The van der Waals surface area contributed by atoms with Crippen LogP contribution in [-0.2, 0) is 4.74 Å². The van der Waals surface area contributed by atoms with Crippen molar-refractivity contribution in [2.45, 2.75) is 0 Å². The second-order valence-corrected chi connectivity index (χ2v) is 2.13. The largest absolute Gasteiger partial charge is 0.508 e. The van der Waals surface area contributed by atoms with Gasteiger partial charge in [-0.3, -0.25) is 0 Å². The molecule has 0 saturated carbocycles. The van der Waals surface area contributed by atoms with Gasteiger partial charge < -0.3 is 9.84 Å². The fraction of sp³-hybridized carbons (Fsp3) is 0.111. The summed E-state index contributed by atoms with van der Waals surface area (Å²) in [5, 5.41) is 9.04. The van der Waals surface area contributed by atoms with Crippen molar-refractivity contribution in [3.8, 4) is 5.75 Å². The van der Waals surface area contributed by atoms with Gasteiger partial charge in [-0.05, 0) is 23.8 Å². The van der Waals surface area contributed by atoms with E-state index in [0.717, 1.165) is 5.56 Å². The molecule has 1 aromatic carbocycles. The minimum atomic E-state index is 0.267. The van der Waals surface area contributed by atoms with Gasteiger partial charge in [0.2, 0.25) is 0 Å². The predicted octanol–water partition coefficient (Wildman–Crippen LogP) is 2.01. The Kier molecular flexibility index (Phi) is 2.55. The number of ether oxygens (including phenoxy) is 1. The van der Waals surface area contributed by atoms with Crippen molar-refractivity contribution in [2.24, 2.45) is 0 Å². The molecule has 0 amide bonds. The number of phenols is 1. The molecule has 0 unspecified atom stereocenters. The number of methoxy groups -OCH3 is 1. The average Bonchev–Trinajstić information content (AvgIpc) is 2.01. The zero-order valence-corrected chi connectivity index (χ0v) is 6.32. The minimum absolute atomic E-state index is 0.267. The lowest BCUT2D eigenvalue weighted by atomic mass is 10.2. The molecule has 1 aromatic rings. The highest BCUT2D eigenvalue weighted by Gasteiger charge is 1.87. The Bertz CT molecular complexity index is 253. The first-order valence-electron chi connectivity index (χ1n) is 3.31. The number of hydrogen-bond acceptors (Lipinski definition) is 2. The molecule has 2 nitrogen and oxygen atoms in total. The average molecular weight is 150 g/mol. The van der Waals surface area contributed by atoms with E-state index in [1.165, 1.54) is 0 Å². The Balaban J connectivity index is 2.79. The van der Waals surface area contributed by atoms with Crippen molar-refractivity contribution in [1.29, 1.82) is 0 Å². The smallest absolute Gasteiger partial charge is 0.116 e. The maximum atomic E-state index is 9.04. The Hall–Kier alpha value is -1.44. The lowest BCUT2D eigenvalue weighted by molar-refractivity contribution is 0.341. The van der Waals surface area contributed by atoms with Gasteiger partial charge in [0.15, 0.2) is 0 Å². The fourth-order valence-corrected chi connectivity index (χ4v) is 0.775. The van der Waals surface area contributed by atoms with Gasteiger partial charge in [0.25, 0.3) is 0 Å².